The van der Waals surface area contributed by atoms with Gasteiger partial charge in [0.2, 0.25) is 5.91 Å². The van der Waals surface area contributed by atoms with Crippen molar-refractivity contribution in [1.82, 2.24) is 4.90 Å². The third-order valence-corrected chi connectivity index (χ3v) is 3.95. The average molecular weight is 264 g/mol. The van der Waals surface area contributed by atoms with Crippen molar-refractivity contribution < 1.29 is 9.18 Å². The molecule has 0 saturated carbocycles. The van der Waals surface area contributed by atoms with E-state index in [2.05, 4.69) is 6.92 Å². The lowest BCUT2D eigenvalue weighted by molar-refractivity contribution is -0.136. The topological polar surface area (TPSA) is 46.3 Å². The quantitative estimate of drug-likeness (QED) is 0.910. The van der Waals surface area contributed by atoms with Gasteiger partial charge >= 0.3 is 0 Å². The molecule has 1 aromatic rings. The zero-order valence-electron chi connectivity index (χ0n) is 11.5. The number of benzene rings is 1. The lowest BCUT2D eigenvalue weighted by Gasteiger charge is -2.29. The molecule has 0 aliphatic carbocycles. The zero-order valence-corrected chi connectivity index (χ0v) is 11.5. The molecule has 3 atom stereocenters. The van der Waals surface area contributed by atoms with Crippen LogP contribution < -0.4 is 5.73 Å². The van der Waals surface area contributed by atoms with Gasteiger partial charge in [-0.15, -0.1) is 0 Å². The van der Waals surface area contributed by atoms with Crippen molar-refractivity contribution in [2.75, 3.05) is 13.1 Å². The second-order valence-corrected chi connectivity index (χ2v) is 5.43. The number of hydrogen-bond acceptors (Lipinski definition) is 2. The highest BCUT2D eigenvalue weighted by atomic mass is 19.1. The van der Waals surface area contributed by atoms with E-state index in [9.17, 15) is 9.18 Å². The van der Waals surface area contributed by atoms with Crippen molar-refractivity contribution in [2.45, 2.75) is 26.3 Å². The van der Waals surface area contributed by atoms with Crippen LogP contribution in [0.2, 0.25) is 0 Å². The van der Waals surface area contributed by atoms with Crippen LogP contribution in [0.3, 0.4) is 0 Å². The summed E-state index contributed by atoms with van der Waals surface area (Å²) >= 11 is 0. The molecule has 1 heterocycles. The number of amides is 1. The third-order valence-electron chi connectivity index (χ3n) is 3.95. The van der Waals surface area contributed by atoms with Gasteiger partial charge in [-0.05, 0) is 30.0 Å². The van der Waals surface area contributed by atoms with E-state index in [-0.39, 0.29) is 23.7 Å². The largest absolute Gasteiger partial charge is 0.335 e. The molecule has 1 saturated heterocycles. The number of halogens is 1. The van der Waals surface area contributed by atoms with Gasteiger partial charge in [-0.1, -0.05) is 26.0 Å². The lowest BCUT2D eigenvalue weighted by atomic mass is 9.95. The minimum Gasteiger partial charge on any atom is -0.335 e. The highest BCUT2D eigenvalue weighted by Gasteiger charge is 2.36. The molecule has 0 radical (unpaired) electrons. The molecule has 3 unspecified atom stereocenters. The number of carbonyl (C=O) groups excluding carboxylic acids is 1. The first kappa shape index (κ1) is 14.0. The second kappa shape index (κ2) is 5.70. The molecule has 1 aliphatic rings. The van der Waals surface area contributed by atoms with Gasteiger partial charge in [0.25, 0.3) is 0 Å². The van der Waals surface area contributed by atoms with Gasteiger partial charge in [-0.3, -0.25) is 4.79 Å². The molecule has 1 fully saturated rings. The van der Waals surface area contributed by atoms with Crippen LogP contribution in [0.4, 0.5) is 4.39 Å². The Morgan fingerprint density at radius 2 is 2.32 bits per heavy atom. The molecule has 3 nitrogen and oxygen atoms in total. The van der Waals surface area contributed by atoms with E-state index in [0.29, 0.717) is 12.5 Å². The number of rotatable bonds is 3. The molecule has 1 amide bonds. The fourth-order valence-electron chi connectivity index (χ4n) is 2.78. The monoisotopic (exact) mass is 264 g/mol. The Balaban J connectivity index is 2.27. The van der Waals surface area contributed by atoms with Crippen LogP contribution in [-0.2, 0) is 4.79 Å². The van der Waals surface area contributed by atoms with Crippen LogP contribution >= 0.6 is 0 Å². The van der Waals surface area contributed by atoms with E-state index in [1.165, 1.54) is 12.1 Å². The van der Waals surface area contributed by atoms with E-state index in [4.69, 9.17) is 5.73 Å². The zero-order chi connectivity index (χ0) is 14.0. The molecule has 0 aromatic heterocycles. The Kier molecular flexibility index (Phi) is 4.20. The van der Waals surface area contributed by atoms with Gasteiger partial charge in [-0.2, -0.15) is 0 Å². The SMILES string of the molecule is CC(CN)C(=O)N1CCC(C)C1c1cccc(F)c1. The summed E-state index contributed by atoms with van der Waals surface area (Å²) in [5.41, 5.74) is 6.45. The summed E-state index contributed by atoms with van der Waals surface area (Å²) in [6.45, 7) is 5.02. The maximum atomic E-state index is 13.4. The Labute approximate surface area is 113 Å². The number of likely N-dealkylation sites (tertiary alicyclic amines) is 1. The van der Waals surface area contributed by atoms with Crippen LogP contribution in [0, 0.1) is 17.7 Å². The Morgan fingerprint density at radius 1 is 1.58 bits per heavy atom. The fourth-order valence-corrected chi connectivity index (χ4v) is 2.78. The van der Waals surface area contributed by atoms with E-state index in [1.807, 2.05) is 17.9 Å². The number of carbonyl (C=O) groups is 1. The highest BCUT2D eigenvalue weighted by Crippen LogP contribution is 2.37. The summed E-state index contributed by atoms with van der Waals surface area (Å²) in [5.74, 6) is -0.0194. The molecule has 0 spiro atoms. The summed E-state index contributed by atoms with van der Waals surface area (Å²) in [6, 6.07) is 6.52. The summed E-state index contributed by atoms with van der Waals surface area (Å²) in [7, 11) is 0. The van der Waals surface area contributed by atoms with E-state index in [0.717, 1.165) is 18.5 Å². The van der Waals surface area contributed by atoms with Crippen LogP contribution in [-0.4, -0.2) is 23.9 Å². The minimum absolute atomic E-state index is 0.0304. The first-order chi connectivity index (χ1) is 9.04. The molecule has 2 N–H and O–H groups in total. The van der Waals surface area contributed by atoms with Crippen molar-refractivity contribution in [1.29, 1.82) is 0 Å². The maximum absolute atomic E-state index is 13.4. The van der Waals surface area contributed by atoms with E-state index < -0.39 is 0 Å². The Morgan fingerprint density at radius 3 is 2.95 bits per heavy atom. The Hall–Kier alpha value is -1.42. The highest BCUT2D eigenvalue weighted by molar-refractivity contribution is 5.79. The van der Waals surface area contributed by atoms with Gasteiger partial charge in [0.15, 0.2) is 0 Å². The maximum Gasteiger partial charge on any atom is 0.227 e. The molecule has 4 heteroatoms. The molecule has 0 bridgehead atoms. The number of nitrogens with zero attached hydrogens (tertiary/aromatic N) is 1. The first-order valence-corrected chi connectivity index (χ1v) is 6.80. The molecule has 1 aromatic carbocycles. The first-order valence-electron chi connectivity index (χ1n) is 6.80. The molecule has 104 valence electrons. The van der Waals surface area contributed by atoms with Crippen LogP contribution in [0.5, 0.6) is 0 Å². The smallest absolute Gasteiger partial charge is 0.227 e. The average Bonchev–Trinajstić information content (AvgIpc) is 2.78. The van der Waals surface area contributed by atoms with Crippen molar-refractivity contribution in [2.24, 2.45) is 17.6 Å². The Bertz CT molecular complexity index is 463. The van der Waals surface area contributed by atoms with E-state index >= 15 is 0 Å². The molecule has 1 aliphatic heterocycles. The normalized spacial score (nSPS) is 24.5. The third kappa shape index (κ3) is 2.78. The molecule has 19 heavy (non-hydrogen) atoms. The summed E-state index contributed by atoms with van der Waals surface area (Å²) in [6.07, 6.45) is 0.949. The van der Waals surface area contributed by atoms with Gasteiger partial charge < -0.3 is 10.6 Å². The van der Waals surface area contributed by atoms with Crippen molar-refractivity contribution >= 4 is 5.91 Å². The van der Waals surface area contributed by atoms with Gasteiger partial charge in [0.05, 0.1) is 6.04 Å². The predicted molar refractivity (Wildman–Crippen MR) is 72.9 cm³/mol. The molecule has 2 rings (SSSR count). The van der Waals surface area contributed by atoms with Crippen molar-refractivity contribution in [3.63, 3.8) is 0 Å². The van der Waals surface area contributed by atoms with Crippen LogP contribution in [0.25, 0.3) is 0 Å². The molecular weight excluding hydrogens is 243 g/mol. The number of nitrogens with two attached hydrogens (primary N) is 1. The van der Waals surface area contributed by atoms with Gasteiger partial charge in [0, 0.05) is 19.0 Å². The van der Waals surface area contributed by atoms with Gasteiger partial charge in [-0.25, -0.2) is 4.39 Å². The van der Waals surface area contributed by atoms with E-state index in [1.54, 1.807) is 6.07 Å². The van der Waals surface area contributed by atoms with Gasteiger partial charge in [0.1, 0.15) is 5.82 Å². The summed E-state index contributed by atoms with van der Waals surface area (Å²) in [5, 5.41) is 0. The number of hydrogen-bond donors (Lipinski definition) is 1. The standard InChI is InChI=1S/C15H21FN2O/c1-10-6-7-18(15(19)11(2)9-17)14(10)12-4-3-5-13(16)8-12/h3-5,8,10-11,14H,6-7,9,17H2,1-2H3. The van der Waals surface area contributed by atoms with Crippen molar-refractivity contribution in [3.05, 3.63) is 35.6 Å². The second-order valence-electron chi connectivity index (χ2n) is 5.43. The predicted octanol–water partition coefficient (Wildman–Crippen LogP) is 2.33. The summed E-state index contributed by atoms with van der Waals surface area (Å²) < 4.78 is 13.4. The molecular formula is C15H21FN2O. The van der Waals surface area contributed by atoms with Crippen LogP contribution in [0.1, 0.15) is 31.9 Å². The van der Waals surface area contributed by atoms with Crippen LogP contribution in [0.15, 0.2) is 24.3 Å². The lowest BCUT2D eigenvalue weighted by Crippen LogP contribution is -2.38. The fraction of sp³-hybridized carbons (Fsp3) is 0.533. The minimum atomic E-state index is -0.254. The van der Waals surface area contributed by atoms with Crippen molar-refractivity contribution in [3.8, 4) is 0 Å². The summed E-state index contributed by atoms with van der Waals surface area (Å²) in [4.78, 5) is 14.2.